The van der Waals surface area contributed by atoms with Crippen LogP contribution in [0.1, 0.15) is 23.2 Å². The van der Waals surface area contributed by atoms with Gasteiger partial charge in [0.25, 0.3) is 0 Å². The van der Waals surface area contributed by atoms with E-state index in [4.69, 9.17) is 21.1 Å². The lowest BCUT2D eigenvalue weighted by Gasteiger charge is -2.09. The Hall–Kier alpha value is -3.13. The Morgan fingerprint density at radius 1 is 1.07 bits per heavy atom. The number of halogens is 1. The van der Waals surface area contributed by atoms with Crippen LogP contribution < -0.4 is 14.8 Å². The van der Waals surface area contributed by atoms with E-state index in [2.05, 4.69) is 5.32 Å². The van der Waals surface area contributed by atoms with E-state index < -0.39 is 10.8 Å². The zero-order chi connectivity index (χ0) is 20.0. The van der Waals surface area contributed by atoms with E-state index in [0.717, 1.165) is 0 Å². The quantitative estimate of drug-likeness (QED) is 0.415. The average molecular weight is 393 g/mol. The molecular weight excluding hydrogens is 376 g/mol. The van der Waals surface area contributed by atoms with Crippen molar-refractivity contribution in [2.24, 2.45) is 0 Å². The summed E-state index contributed by atoms with van der Waals surface area (Å²) in [5.74, 6) is -0.300. The van der Waals surface area contributed by atoms with Gasteiger partial charge in [0.2, 0.25) is 5.91 Å². The summed E-state index contributed by atoms with van der Waals surface area (Å²) in [7, 11) is 2.75. The molecule has 27 heavy (non-hydrogen) atoms. The van der Waals surface area contributed by atoms with Gasteiger partial charge in [-0.05, 0) is 30.3 Å². The first-order chi connectivity index (χ1) is 12.8. The molecule has 0 spiro atoms. The molecule has 0 fully saturated rings. The van der Waals surface area contributed by atoms with Gasteiger partial charge in [0.05, 0.1) is 24.7 Å². The molecule has 0 saturated heterocycles. The smallest absolute Gasteiger partial charge is 0.312 e. The number of nitrogens with zero attached hydrogens (tertiary/aromatic N) is 1. The molecular formula is C18H17ClN2O6. The highest BCUT2D eigenvalue weighted by molar-refractivity contribution is 6.31. The van der Waals surface area contributed by atoms with Gasteiger partial charge in [-0.1, -0.05) is 11.6 Å². The summed E-state index contributed by atoms with van der Waals surface area (Å²) in [6.45, 7) is 0. The summed E-state index contributed by atoms with van der Waals surface area (Å²) in [4.78, 5) is 34.8. The second-order valence-electron chi connectivity index (χ2n) is 5.46. The van der Waals surface area contributed by atoms with Crippen molar-refractivity contribution >= 4 is 34.7 Å². The molecule has 8 nitrogen and oxygen atoms in total. The highest BCUT2D eigenvalue weighted by Gasteiger charge is 2.18. The molecule has 1 N–H and O–H groups in total. The van der Waals surface area contributed by atoms with Gasteiger partial charge in [0.1, 0.15) is 5.75 Å². The molecule has 0 aliphatic rings. The number of ketones is 1. The fourth-order valence-electron chi connectivity index (χ4n) is 2.39. The number of nitro groups is 1. The summed E-state index contributed by atoms with van der Waals surface area (Å²) < 4.78 is 10.0. The molecule has 0 heterocycles. The standard InChI is InChI=1S/C18H17ClN2O6/c1-26-16-6-3-11(19)9-13(16)15(22)5-8-18(23)20-12-4-7-17(27-2)14(10-12)21(24)25/h3-4,6-7,9-10H,5,8H2,1-2H3,(H,20,23). The van der Waals surface area contributed by atoms with Crippen LogP contribution >= 0.6 is 11.6 Å². The largest absolute Gasteiger partial charge is 0.496 e. The molecule has 142 valence electrons. The van der Waals surface area contributed by atoms with Crippen LogP contribution in [0.25, 0.3) is 0 Å². The Kier molecular flexibility index (Phi) is 6.73. The molecule has 0 aliphatic heterocycles. The number of nitrogens with one attached hydrogen (secondary N) is 1. The second-order valence-corrected chi connectivity index (χ2v) is 5.90. The number of amides is 1. The molecule has 0 unspecified atom stereocenters. The SMILES string of the molecule is COc1ccc(Cl)cc1C(=O)CCC(=O)Nc1ccc(OC)c([N+](=O)[O-])c1. The van der Waals surface area contributed by atoms with Crippen LogP contribution in [0.15, 0.2) is 36.4 Å². The maximum atomic E-state index is 12.3. The molecule has 0 atom stereocenters. The first-order valence-corrected chi connectivity index (χ1v) is 8.22. The molecule has 0 aliphatic carbocycles. The number of hydrogen-bond donors (Lipinski definition) is 1. The minimum Gasteiger partial charge on any atom is -0.496 e. The van der Waals surface area contributed by atoms with Crippen LogP contribution in [0.4, 0.5) is 11.4 Å². The summed E-state index contributed by atoms with van der Waals surface area (Å²) in [6.07, 6.45) is -0.172. The number of methoxy groups -OCH3 is 2. The number of benzene rings is 2. The molecule has 0 aromatic heterocycles. The number of carbonyl (C=O) groups is 2. The number of hydrogen-bond acceptors (Lipinski definition) is 6. The normalized spacial score (nSPS) is 10.2. The average Bonchev–Trinajstić information content (AvgIpc) is 2.65. The third-order valence-electron chi connectivity index (χ3n) is 3.70. The van der Waals surface area contributed by atoms with Gasteiger partial charge in [-0.25, -0.2) is 0 Å². The molecule has 0 radical (unpaired) electrons. The Labute approximate surface area is 160 Å². The van der Waals surface area contributed by atoms with Gasteiger partial charge in [0, 0.05) is 29.6 Å². The molecule has 1 amide bonds. The lowest BCUT2D eigenvalue weighted by Crippen LogP contribution is -2.14. The molecule has 2 aromatic carbocycles. The van der Waals surface area contributed by atoms with Gasteiger partial charge in [0.15, 0.2) is 11.5 Å². The van der Waals surface area contributed by atoms with E-state index in [-0.39, 0.29) is 41.3 Å². The molecule has 2 aromatic rings. The van der Waals surface area contributed by atoms with Gasteiger partial charge >= 0.3 is 5.69 Å². The van der Waals surface area contributed by atoms with Crippen molar-refractivity contribution in [3.8, 4) is 11.5 Å². The Morgan fingerprint density at radius 3 is 2.37 bits per heavy atom. The predicted molar refractivity (Wildman–Crippen MR) is 99.8 cm³/mol. The lowest BCUT2D eigenvalue weighted by atomic mass is 10.1. The van der Waals surface area contributed by atoms with Crippen LogP contribution in [0.3, 0.4) is 0 Å². The minimum atomic E-state index is -0.608. The molecule has 2 rings (SSSR count). The molecule has 0 saturated carbocycles. The second kappa shape index (κ2) is 9.00. The van der Waals surface area contributed by atoms with Gasteiger partial charge in [-0.2, -0.15) is 0 Å². The van der Waals surface area contributed by atoms with Crippen LogP contribution in [0.5, 0.6) is 11.5 Å². The fraction of sp³-hybridized carbons (Fsp3) is 0.222. The van der Waals surface area contributed by atoms with E-state index in [0.29, 0.717) is 10.8 Å². The maximum absolute atomic E-state index is 12.3. The third-order valence-corrected chi connectivity index (χ3v) is 3.94. The first-order valence-electron chi connectivity index (χ1n) is 7.84. The number of ether oxygens (including phenoxy) is 2. The van der Waals surface area contributed by atoms with E-state index >= 15 is 0 Å². The Bertz CT molecular complexity index is 884. The summed E-state index contributed by atoms with van der Waals surface area (Å²) in [5.41, 5.74) is 0.258. The number of anilines is 1. The maximum Gasteiger partial charge on any atom is 0.312 e. The zero-order valence-corrected chi connectivity index (χ0v) is 15.4. The van der Waals surface area contributed by atoms with Crippen LogP contribution in [-0.2, 0) is 4.79 Å². The predicted octanol–water partition coefficient (Wildman–Crippen LogP) is 3.87. The topological polar surface area (TPSA) is 108 Å². The Balaban J connectivity index is 2.02. The van der Waals surface area contributed by atoms with Crippen LogP contribution in [0, 0.1) is 10.1 Å². The highest BCUT2D eigenvalue weighted by Crippen LogP contribution is 2.30. The minimum absolute atomic E-state index is 0.0687. The molecule has 0 bridgehead atoms. The number of rotatable bonds is 8. The number of Topliss-reactive ketones (excluding diaryl/α,β-unsaturated/α-hetero) is 1. The van der Waals surface area contributed by atoms with Crippen molar-refractivity contribution < 1.29 is 24.0 Å². The van der Waals surface area contributed by atoms with Crippen molar-refractivity contribution in [3.63, 3.8) is 0 Å². The van der Waals surface area contributed by atoms with E-state index in [9.17, 15) is 19.7 Å². The van der Waals surface area contributed by atoms with Gasteiger partial charge in [-0.3, -0.25) is 19.7 Å². The number of nitro benzene ring substituents is 1. The lowest BCUT2D eigenvalue weighted by molar-refractivity contribution is -0.385. The van der Waals surface area contributed by atoms with E-state index in [1.807, 2.05) is 0 Å². The number of carbonyl (C=O) groups excluding carboxylic acids is 2. The van der Waals surface area contributed by atoms with E-state index in [1.54, 1.807) is 12.1 Å². The third kappa shape index (κ3) is 5.18. The van der Waals surface area contributed by atoms with Crippen molar-refractivity contribution in [1.82, 2.24) is 0 Å². The van der Waals surface area contributed by atoms with Crippen molar-refractivity contribution in [1.29, 1.82) is 0 Å². The van der Waals surface area contributed by atoms with Crippen molar-refractivity contribution in [3.05, 3.63) is 57.1 Å². The van der Waals surface area contributed by atoms with Crippen molar-refractivity contribution in [2.45, 2.75) is 12.8 Å². The van der Waals surface area contributed by atoms with E-state index in [1.165, 1.54) is 38.5 Å². The highest BCUT2D eigenvalue weighted by atomic mass is 35.5. The van der Waals surface area contributed by atoms with Crippen LogP contribution in [0.2, 0.25) is 5.02 Å². The Morgan fingerprint density at radius 2 is 1.74 bits per heavy atom. The van der Waals surface area contributed by atoms with Crippen LogP contribution in [-0.4, -0.2) is 30.8 Å². The summed E-state index contributed by atoms with van der Waals surface area (Å²) in [5, 5.41) is 13.9. The summed E-state index contributed by atoms with van der Waals surface area (Å²) >= 11 is 5.90. The fourth-order valence-corrected chi connectivity index (χ4v) is 2.57. The van der Waals surface area contributed by atoms with Gasteiger partial charge < -0.3 is 14.8 Å². The van der Waals surface area contributed by atoms with Gasteiger partial charge in [-0.15, -0.1) is 0 Å². The molecule has 9 heteroatoms. The van der Waals surface area contributed by atoms with Crippen molar-refractivity contribution in [2.75, 3.05) is 19.5 Å². The summed E-state index contributed by atoms with van der Waals surface area (Å²) in [6, 6.07) is 8.71. The first kappa shape index (κ1) is 20.2. The monoisotopic (exact) mass is 392 g/mol. The zero-order valence-electron chi connectivity index (χ0n) is 14.7.